The zero-order valence-corrected chi connectivity index (χ0v) is 25.3. The molecule has 1 unspecified atom stereocenters. The molecule has 1 aliphatic carbocycles. The minimum Gasteiger partial charge on any atom is -0.496 e. The Balaban J connectivity index is 1.75. The van der Waals surface area contributed by atoms with Crippen LogP contribution in [0.5, 0.6) is 5.75 Å². The van der Waals surface area contributed by atoms with Gasteiger partial charge in [0.2, 0.25) is 0 Å². The first-order valence-electron chi connectivity index (χ1n) is 14.1. The van der Waals surface area contributed by atoms with E-state index in [2.05, 4.69) is 13.8 Å². The van der Waals surface area contributed by atoms with E-state index in [0.29, 0.717) is 36.3 Å². The number of benzene rings is 2. The van der Waals surface area contributed by atoms with Crippen LogP contribution in [-0.4, -0.2) is 43.8 Å². The number of amides is 1. The molecule has 0 saturated carbocycles. The molecule has 2 aromatic carbocycles. The van der Waals surface area contributed by atoms with Crippen molar-refractivity contribution in [3.63, 3.8) is 0 Å². The summed E-state index contributed by atoms with van der Waals surface area (Å²) < 4.78 is 97.2. The molecule has 1 heterocycles. The van der Waals surface area contributed by atoms with E-state index in [9.17, 15) is 35.9 Å². The highest BCUT2D eigenvalue weighted by Gasteiger charge is 2.44. The van der Waals surface area contributed by atoms with Crippen LogP contribution in [-0.2, 0) is 26.6 Å². The Morgan fingerprint density at radius 3 is 2.20 bits per heavy atom. The van der Waals surface area contributed by atoms with Crippen LogP contribution >= 0.6 is 0 Å². The topological polar surface area (TPSA) is 65.1 Å². The standard InChI is InChI=1S/C32H35F6NO5/c1-17(28(40)43-6)19-7-8-26(42-5)25(13-19)24-9-10-30(3,4)15-21(24)16-39-18(2)27(44-29(39)41)20-11-22(31(33,34)35)14-23(12-20)32(36,37)38/h7-8,11-14,17-18,27H,9-10,15-16H2,1-6H3/t17?,18-,27-/m0/s1. The van der Waals surface area contributed by atoms with Gasteiger partial charge in [-0.1, -0.05) is 19.9 Å². The molecule has 0 bridgehead atoms. The van der Waals surface area contributed by atoms with E-state index in [1.165, 1.54) is 26.0 Å². The lowest BCUT2D eigenvalue weighted by Crippen LogP contribution is -2.35. The van der Waals surface area contributed by atoms with Gasteiger partial charge in [0.25, 0.3) is 0 Å². The number of carbonyl (C=O) groups is 2. The fraction of sp³-hybridized carbons (Fsp3) is 0.500. The summed E-state index contributed by atoms with van der Waals surface area (Å²) in [5.74, 6) is -0.420. The summed E-state index contributed by atoms with van der Waals surface area (Å²) in [5.41, 5.74) is -0.321. The summed E-state index contributed by atoms with van der Waals surface area (Å²) in [6.45, 7) is 7.45. The number of esters is 1. The zero-order chi connectivity index (χ0) is 32.8. The number of cyclic esters (lactones) is 1. The van der Waals surface area contributed by atoms with E-state index in [4.69, 9.17) is 14.2 Å². The third kappa shape index (κ3) is 6.83. The molecule has 0 N–H and O–H groups in total. The molecular weight excluding hydrogens is 592 g/mol. The lowest BCUT2D eigenvalue weighted by Gasteiger charge is -2.36. The number of hydrogen-bond acceptors (Lipinski definition) is 5. The third-order valence-electron chi connectivity index (χ3n) is 8.47. The van der Waals surface area contributed by atoms with Crippen molar-refractivity contribution in [3.8, 4) is 5.75 Å². The fourth-order valence-corrected chi connectivity index (χ4v) is 5.94. The normalized spacial score (nSPS) is 21.3. The monoisotopic (exact) mass is 627 g/mol. The van der Waals surface area contributed by atoms with Crippen LogP contribution in [0.25, 0.3) is 5.57 Å². The number of halogens is 6. The SMILES string of the molecule is COC(=O)C(C)c1ccc(OC)c(C2=C(CN3C(=O)O[C@H](c4cc(C(F)(F)F)cc(C(F)(F)F)c4)[C@@H]3C)CC(C)(C)CC2)c1. The largest absolute Gasteiger partial charge is 0.496 e. The first kappa shape index (κ1) is 33.2. The average molecular weight is 628 g/mol. The molecule has 6 nitrogen and oxygen atoms in total. The summed E-state index contributed by atoms with van der Waals surface area (Å²) in [6.07, 6.45) is -10.3. The van der Waals surface area contributed by atoms with Crippen molar-refractivity contribution in [1.29, 1.82) is 0 Å². The molecule has 0 radical (unpaired) electrons. The van der Waals surface area contributed by atoms with Crippen molar-refractivity contribution in [2.75, 3.05) is 20.8 Å². The number of nitrogens with zero attached hydrogens (tertiary/aromatic N) is 1. The van der Waals surface area contributed by atoms with Crippen molar-refractivity contribution in [2.24, 2.45) is 5.41 Å². The number of allylic oxidation sites excluding steroid dienone is 1. The van der Waals surface area contributed by atoms with Crippen LogP contribution in [0, 0.1) is 5.41 Å². The highest BCUT2D eigenvalue weighted by atomic mass is 19.4. The second kappa shape index (κ2) is 12.0. The predicted molar refractivity (Wildman–Crippen MR) is 150 cm³/mol. The van der Waals surface area contributed by atoms with Gasteiger partial charge in [-0.05, 0) is 91.1 Å². The number of carbonyl (C=O) groups excluding carboxylic acids is 2. The van der Waals surface area contributed by atoms with E-state index in [0.717, 1.165) is 23.1 Å². The second-order valence-electron chi connectivity index (χ2n) is 12.1. The maximum absolute atomic E-state index is 13.5. The number of hydrogen-bond donors (Lipinski definition) is 0. The van der Waals surface area contributed by atoms with Crippen LogP contribution in [0.1, 0.15) is 86.8 Å². The molecule has 1 aliphatic heterocycles. The highest BCUT2D eigenvalue weighted by Crippen LogP contribution is 2.47. The van der Waals surface area contributed by atoms with Crippen LogP contribution in [0.4, 0.5) is 31.1 Å². The fourth-order valence-electron chi connectivity index (χ4n) is 5.94. The minimum absolute atomic E-state index is 0.0420. The van der Waals surface area contributed by atoms with E-state index < -0.39 is 53.6 Å². The van der Waals surface area contributed by atoms with E-state index >= 15 is 0 Å². The molecule has 1 amide bonds. The second-order valence-corrected chi connectivity index (χ2v) is 12.1. The Morgan fingerprint density at radius 2 is 1.66 bits per heavy atom. The highest BCUT2D eigenvalue weighted by molar-refractivity contribution is 5.80. The van der Waals surface area contributed by atoms with Crippen LogP contribution in [0.15, 0.2) is 42.0 Å². The summed E-state index contributed by atoms with van der Waals surface area (Å²) in [7, 11) is 2.82. The lowest BCUT2D eigenvalue weighted by atomic mass is 9.72. The Hall–Kier alpha value is -3.70. The molecular formula is C32H35F6NO5. The Kier molecular flexibility index (Phi) is 9.06. The van der Waals surface area contributed by atoms with Crippen molar-refractivity contribution in [2.45, 2.75) is 77.4 Å². The van der Waals surface area contributed by atoms with Gasteiger partial charge >= 0.3 is 24.4 Å². The molecule has 0 spiro atoms. The summed E-state index contributed by atoms with van der Waals surface area (Å²) in [5, 5.41) is 0. The summed E-state index contributed by atoms with van der Waals surface area (Å²) in [6, 6.07) is 5.74. The number of methoxy groups -OCH3 is 2. The van der Waals surface area contributed by atoms with E-state index in [-0.39, 0.29) is 23.6 Å². The Labute approximate surface area is 252 Å². The van der Waals surface area contributed by atoms with Gasteiger partial charge in [0.05, 0.1) is 37.3 Å². The van der Waals surface area contributed by atoms with E-state index in [1.807, 2.05) is 6.07 Å². The molecule has 3 atom stereocenters. The van der Waals surface area contributed by atoms with Crippen molar-refractivity contribution in [3.05, 3.63) is 69.8 Å². The first-order chi connectivity index (χ1) is 20.4. The summed E-state index contributed by atoms with van der Waals surface area (Å²) in [4.78, 5) is 26.7. The lowest BCUT2D eigenvalue weighted by molar-refractivity contribution is -0.144. The number of alkyl halides is 6. The number of rotatable bonds is 7. The molecule has 12 heteroatoms. The predicted octanol–water partition coefficient (Wildman–Crippen LogP) is 8.56. The van der Waals surface area contributed by atoms with Gasteiger partial charge in [0.1, 0.15) is 11.9 Å². The van der Waals surface area contributed by atoms with E-state index in [1.54, 1.807) is 19.1 Å². The molecule has 2 aliphatic rings. The quantitative estimate of drug-likeness (QED) is 0.227. The van der Waals surface area contributed by atoms with Gasteiger partial charge in [0, 0.05) is 12.1 Å². The summed E-state index contributed by atoms with van der Waals surface area (Å²) >= 11 is 0. The minimum atomic E-state index is -5.03. The molecule has 44 heavy (non-hydrogen) atoms. The zero-order valence-electron chi connectivity index (χ0n) is 25.3. The van der Waals surface area contributed by atoms with Gasteiger partial charge in [-0.3, -0.25) is 9.69 Å². The average Bonchev–Trinajstić information content (AvgIpc) is 3.23. The molecule has 1 saturated heterocycles. The van der Waals surface area contributed by atoms with Crippen molar-refractivity contribution in [1.82, 2.24) is 4.90 Å². The van der Waals surface area contributed by atoms with Crippen LogP contribution < -0.4 is 4.74 Å². The van der Waals surface area contributed by atoms with Gasteiger partial charge < -0.3 is 14.2 Å². The maximum Gasteiger partial charge on any atom is 0.416 e. The third-order valence-corrected chi connectivity index (χ3v) is 8.47. The van der Waals surface area contributed by atoms with Gasteiger partial charge in [-0.2, -0.15) is 26.3 Å². The first-order valence-corrected chi connectivity index (χ1v) is 14.1. The Morgan fingerprint density at radius 1 is 1.05 bits per heavy atom. The number of ether oxygens (including phenoxy) is 3. The van der Waals surface area contributed by atoms with Crippen LogP contribution in [0.2, 0.25) is 0 Å². The molecule has 240 valence electrons. The molecule has 4 rings (SSSR count). The molecule has 0 aromatic heterocycles. The van der Waals surface area contributed by atoms with Gasteiger partial charge in [-0.15, -0.1) is 0 Å². The molecule has 1 fully saturated rings. The van der Waals surface area contributed by atoms with Gasteiger partial charge in [0.15, 0.2) is 0 Å². The van der Waals surface area contributed by atoms with Crippen LogP contribution in [0.3, 0.4) is 0 Å². The Bertz CT molecular complexity index is 1430. The smallest absolute Gasteiger partial charge is 0.416 e. The molecule has 2 aromatic rings. The maximum atomic E-state index is 13.5. The van der Waals surface area contributed by atoms with Crippen molar-refractivity contribution < 1.29 is 50.1 Å². The van der Waals surface area contributed by atoms with Crippen molar-refractivity contribution >= 4 is 17.6 Å². The van der Waals surface area contributed by atoms with Gasteiger partial charge in [-0.25, -0.2) is 4.79 Å².